The van der Waals surface area contributed by atoms with Crippen molar-refractivity contribution in [3.05, 3.63) is 85.1 Å². The van der Waals surface area contributed by atoms with E-state index in [1.165, 1.54) is 0 Å². The molecule has 0 fully saturated rings. The molecule has 49 heavy (non-hydrogen) atoms. The van der Waals surface area contributed by atoms with Crippen molar-refractivity contribution >= 4 is 19.8 Å². The number of rotatable bonds is 30. The minimum absolute atomic E-state index is 0.0123. The zero-order valence-corrected chi connectivity index (χ0v) is 31.8. The highest BCUT2D eigenvalue weighted by molar-refractivity contribution is 7.47. The van der Waals surface area contributed by atoms with Crippen LogP contribution in [0, 0.1) is 0 Å². The van der Waals surface area contributed by atoms with Gasteiger partial charge < -0.3 is 18.9 Å². The molecule has 2 unspecified atom stereocenters. The molecule has 0 amide bonds. The molecule has 0 aliphatic rings. The van der Waals surface area contributed by atoms with E-state index in [2.05, 4.69) is 62.5 Å². The number of nitrogens with zero attached hydrogens (tertiary/aromatic N) is 1. The van der Waals surface area contributed by atoms with Crippen molar-refractivity contribution in [2.24, 2.45) is 0 Å². The summed E-state index contributed by atoms with van der Waals surface area (Å²) in [6, 6.07) is 0. The van der Waals surface area contributed by atoms with Gasteiger partial charge in [-0.15, -0.1) is 0 Å². The molecule has 0 aliphatic heterocycles. The van der Waals surface area contributed by atoms with Crippen LogP contribution in [0.3, 0.4) is 0 Å². The highest BCUT2D eigenvalue weighted by Gasteiger charge is 2.27. The lowest BCUT2D eigenvalue weighted by molar-refractivity contribution is -0.870. The Labute approximate surface area is 297 Å². The van der Waals surface area contributed by atoms with E-state index < -0.39 is 32.5 Å². The van der Waals surface area contributed by atoms with E-state index in [1.807, 2.05) is 57.6 Å². The van der Waals surface area contributed by atoms with Crippen molar-refractivity contribution < 1.29 is 42.1 Å². The Hall–Kier alpha value is -2.81. The van der Waals surface area contributed by atoms with Crippen molar-refractivity contribution in [2.45, 2.75) is 103 Å². The van der Waals surface area contributed by atoms with Crippen molar-refractivity contribution in [1.29, 1.82) is 0 Å². The molecule has 1 N–H and O–H groups in total. The lowest BCUT2D eigenvalue weighted by atomic mass is 10.1. The summed E-state index contributed by atoms with van der Waals surface area (Å²) in [4.78, 5) is 35.1. The van der Waals surface area contributed by atoms with Gasteiger partial charge in [-0.1, -0.05) is 105 Å². The SMILES string of the molecule is CC/C=C/C=C/C=C/C=C/CCCCCC(=O)OC(COC(=O)CCCC/C=C/C/C=C/C/C=C/CC)COP(=O)(O)OCC[N+](C)(C)C. The summed E-state index contributed by atoms with van der Waals surface area (Å²) < 4.78 is 34.0. The first-order valence-electron chi connectivity index (χ1n) is 17.9. The first-order valence-corrected chi connectivity index (χ1v) is 19.4. The van der Waals surface area contributed by atoms with Crippen molar-refractivity contribution in [2.75, 3.05) is 47.5 Å². The van der Waals surface area contributed by atoms with Crippen LogP contribution in [0.5, 0.6) is 0 Å². The van der Waals surface area contributed by atoms with Gasteiger partial charge in [-0.3, -0.25) is 18.6 Å². The maximum Gasteiger partial charge on any atom is 0.472 e. The Morgan fingerprint density at radius 2 is 1.20 bits per heavy atom. The molecule has 278 valence electrons. The minimum Gasteiger partial charge on any atom is -0.462 e. The Morgan fingerprint density at radius 3 is 1.88 bits per heavy atom. The summed E-state index contributed by atoms with van der Waals surface area (Å²) in [7, 11) is 1.41. The number of phosphoric acid groups is 1. The molecule has 0 bridgehead atoms. The van der Waals surface area contributed by atoms with Crippen LogP contribution in [0.15, 0.2) is 85.1 Å². The Balaban J connectivity index is 4.64. The quantitative estimate of drug-likeness (QED) is 0.0197. The summed E-state index contributed by atoms with van der Waals surface area (Å²) in [5.41, 5.74) is 0. The number of esters is 2. The molecular formula is C39H65NO8P+. The number of hydrogen-bond acceptors (Lipinski definition) is 7. The highest BCUT2D eigenvalue weighted by atomic mass is 31.2. The van der Waals surface area contributed by atoms with Gasteiger partial charge in [0, 0.05) is 12.8 Å². The number of carbonyl (C=O) groups excluding carboxylic acids is 2. The predicted molar refractivity (Wildman–Crippen MR) is 201 cm³/mol. The number of quaternary nitrogens is 1. The number of likely N-dealkylation sites (N-methyl/N-ethyl adjacent to an activating group) is 1. The third kappa shape index (κ3) is 34.8. The van der Waals surface area contributed by atoms with Crippen molar-refractivity contribution in [3.8, 4) is 0 Å². The fraction of sp³-hybridized carbons (Fsp3) is 0.590. The van der Waals surface area contributed by atoms with Gasteiger partial charge in [-0.25, -0.2) is 4.57 Å². The smallest absolute Gasteiger partial charge is 0.462 e. The Morgan fingerprint density at radius 1 is 0.653 bits per heavy atom. The lowest BCUT2D eigenvalue weighted by Gasteiger charge is -2.24. The van der Waals surface area contributed by atoms with Gasteiger partial charge in [0.2, 0.25) is 0 Å². The topological polar surface area (TPSA) is 108 Å². The average Bonchev–Trinajstić information content (AvgIpc) is 3.04. The highest BCUT2D eigenvalue weighted by Crippen LogP contribution is 2.43. The molecule has 2 atom stereocenters. The summed E-state index contributed by atoms with van der Waals surface area (Å²) in [5.74, 6) is -0.906. The molecule has 0 radical (unpaired) electrons. The number of ether oxygens (including phenoxy) is 2. The molecule has 10 heteroatoms. The molecular weight excluding hydrogens is 641 g/mol. The van der Waals surface area contributed by atoms with Crippen LogP contribution < -0.4 is 0 Å². The largest absolute Gasteiger partial charge is 0.472 e. The van der Waals surface area contributed by atoms with Crippen LogP contribution in [-0.4, -0.2) is 74.9 Å². The van der Waals surface area contributed by atoms with E-state index in [-0.39, 0.29) is 26.1 Å². The van der Waals surface area contributed by atoms with Crippen LogP contribution in [0.1, 0.15) is 97.3 Å². The maximum atomic E-state index is 12.6. The summed E-state index contributed by atoms with van der Waals surface area (Å²) >= 11 is 0. The second-order valence-electron chi connectivity index (χ2n) is 12.6. The minimum atomic E-state index is -4.39. The lowest BCUT2D eigenvalue weighted by Crippen LogP contribution is -2.37. The van der Waals surface area contributed by atoms with Gasteiger partial charge >= 0.3 is 19.8 Å². The van der Waals surface area contributed by atoms with Crippen molar-refractivity contribution in [1.82, 2.24) is 0 Å². The predicted octanol–water partition coefficient (Wildman–Crippen LogP) is 9.29. The molecule has 9 nitrogen and oxygen atoms in total. The molecule has 0 aromatic rings. The van der Waals surface area contributed by atoms with E-state index >= 15 is 0 Å². The van der Waals surface area contributed by atoms with Gasteiger partial charge in [0.05, 0.1) is 27.7 Å². The summed E-state index contributed by atoms with van der Waals surface area (Å²) in [5, 5.41) is 0. The number of hydrogen-bond donors (Lipinski definition) is 1. The van der Waals surface area contributed by atoms with Crippen molar-refractivity contribution in [3.63, 3.8) is 0 Å². The zero-order valence-electron chi connectivity index (χ0n) is 30.9. The standard InChI is InChI=1S/C39H64NO8P/c1-6-8-10-12-14-16-18-20-22-24-26-28-30-32-39(42)48-37(36-47-49(43,44)46-34-33-40(3,4)5)35-45-38(41)31-29-27-25-23-21-19-17-15-13-11-9-7-2/h8-12,14-18,20-23,37H,6-7,13,19,24-36H2,1-5H3/p+1/b10-8+,11-9+,14-12+,17-15+,18-16+,22-20+,23-21+. The first kappa shape index (κ1) is 46.2. The van der Waals surface area contributed by atoms with Gasteiger partial charge in [0.25, 0.3) is 0 Å². The second kappa shape index (κ2) is 31.2. The van der Waals surface area contributed by atoms with Gasteiger partial charge in [0.15, 0.2) is 6.10 Å². The molecule has 0 spiro atoms. The van der Waals surface area contributed by atoms with Crippen LogP contribution in [0.2, 0.25) is 0 Å². The van der Waals surface area contributed by atoms with Gasteiger partial charge in [-0.2, -0.15) is 0 Å². The van der Waals surface area contributed by atoms with Gasteiger partial charge in [-0.05, 0) is 64.2 Å². The van der Waals surface area contributed by atoms with E-state index in [4.69, 9.17) is 18.5 Å². The number of unbranched alkanes of at least 4 members (excludes halogenated alkanes) is 5. The van der Waals surface area contributed by atoms with Crippen LogP contribution in [-0.2, 0) is 32.7 Å². The third-order valence-corrected chi connectivity index (χ3v) is 7.75. The molecule has 0 heterocycles. The normalized spacial score (nSPS) is 14.8. The summed E-state index contributed by atoms with van der Waals surface area (Å²) in [6.45, 7) is 4.01. The molecule has 0 aromatic heterocycles. The number of carbonyl (C=O) groups is 2. The molecule has 0 rings (SSSR count). The van der Waals surface area contributed by atoms with E-state index in [9.17, 15) is 19.0 Å². The van der Waals surface area contributed by atoms with Gasteiger partial charge in [0.1, 0.15) is 19.8 Å². The van der Waals surface area contributed by atoms with Crippen LogP contribution in [0.25, 0.3) is 0 Å². The van der Waals surface area contributed by atoms with Crippen LogP contribution >= 0.6 is 7.82 Å². The number of phosphoric ester groups is 1. The summed E-state index contributed by atoms with van der Waals surface area (Å²) in [6.07, 6.45) is 37.9. The van der Waals surface area contributed by atoms with E-state index in [0.29, 0.717) is 23.9 Å². The van der Waals surface area contributed by atoms with Crippen LogP contribution in [0.4, 0.5) is 0 Å². The van der Waals surface area contributed by atoms with E-state index in [1.54, 1.807) is 0 Å². The molecule has 0 saturated heterocycles. The zero-order chi connectivity index (χ0) is 36.5. The fourth-order valence-corrected chi connectivity index (χ4v) is 4.72. The molecule has 0 aromatic carbocycles. The molecule has 0 saturated carbocycles. The average molecular weight is 707 g/mol. The Kier molecular flexibility index (Phi) is 29.4. The Bertz CT molecular complexity index is 1110. The third-order valence-electron chi connectivity index (χ3n) is 6.77. The molecule has 0 aliphatic carbocycles. The first-order chi connectivity index (χ1) is 23.5. The fourth-order valence-electron chi connectivity index (χ4n) is 3.98. The second-order valence-corrected chi connectivity index (χ2v) is 14.0. The van der Waals surface area contributed by atoms with E-state index in [0.717, 1.165) is 57.8 Å². The maximum absolute atomic E-state index is 12.6. The number of allylic oxidation sites excluding steroid dienone is 14. The monoisotopic (exact) mass is 706 g/mol.